The lowest BCUT2D eigenvalue weighted by Crippen LogP contribution is -2.31. The molecule has 1 atom stereocenters. The Morgan fingerprint density at radius 1 is 1.17 bits per heavy atom. The maximum atomic E-state index is 13.0. The number of Topliss-reactive ketones (excluding diaryl/α,β-unsaturated/α-hetero) is 1. The van der Waals surface area contributed by atoms with Gasteiger partial charge in [-0.05, 0) is 58.8 Å². The molecule has 2 aromatic rings. The van der Waals surface area contributed by atoms with E-state index < -0.39 is 0 Å². The topological polar surface area (TPSA) is 58.4 Å². The summed E-state index contributed by atoms with van der Waals surface area (Å²) in [4.78, 5) is 28.9. The van der Waals surface area contributed by atoms with Crippen LogP contribution in [0.1, 0.15) is 65.1 Å². The predicted octanol–water partition coefficient (Wildman–Crippen LogP) is 3.52. The van der Waals surface area contributed by atoms with Crippen LogP contribution in [0.5, 0.6) is 0 Å². The second-order valence-electron chi connectivity index (χ2n) is 8.30. The number of aromatic nitrogens is 2. The molecule has 0 bridgehead atoms. The maximum Gasteiger partial charge on any atom is 0.224 e. The van der Waals surface area contributed by atoms with Crippen molar-refractivity contribution in [3.05, 3.63) is 52.3 Å². The van der Waals surface area contributed by atoms with E-state index >= 15 is 0 Å². The van der Waals surface area contributed by atoms with Gasteiger partial charge < -0.3 is 9.80 Å². The molecule has 1 unspecified atom stereocenters. The molecule has 6 heteroatoms. The van der Waals surface area contributed by atoms with Gasteiger partial charge in [0.2, 0.25) is 5.91 Å². The fourth-order valence-corrected chi connectivity index (χ4v) is 4.39. The predicted molar refractivity (Wildman–Crippen MR) is 114 cm³/mol. The molecule has 29 heavy (non-hydrogen) atoms. The molecule has 3 rings (SSSR count). The van der Waals surface area contributed by atoms with Crippen LogP contribution in [-0.4, -0.2) is 51.9 Å². The van der Waals surface area contributed by atoms with Gasteiger partial charge >= 0.3 is 0 Å². The van der Waals surface area contributed by atoms with E-state index in [-0.39, 0.29) is 17.7 Å². The van der Waals surface area contributed by atoms with Gasteiger partial charge in [0, 0.05) is 31.7 Å². The minimum atomic E-state index is 0.0231. The Bertz CT molecular complexity index is 883. The molecule has 1 aliphatic heterocycles. The van der Waals surface area contributed by atoms with E-state index in [0.717, 1.165) is 37.3 Å². The zero-order valence-corrected chi connectivity index (χ0v) is 18.2. The largest absolute Gasteiger partial charge is 0.336 e. The Balaban J connectivity index is 1.66. The first-order valence-electron chi connectivity index (χ1n) is 10.4. The number of ketones is 1. The third-order valence-corrected chi connectivity index (χ3v) is 5.71. The molecule has 0 saturated carbocycles. The van der Waals surface area contributed by atoms with Crippen molar-refractivity contribution >= 4 is 11.7 Å². The number of nitrogens with zero attached hydrogens (tertiary/aromatic N) is 4. The molecular weight excluding hydrogens is 364 g/mol. The number of hydrogen-bond donors (Lipinski definition) is 0. The van der Waals surface area contributed by atoms with Crippen molar-refractivity contribution in [1.29, 1.82) is 0 Å². The molecule has 0 radical (unpaired) electrons. The van der Waals surface area contributed by atoms with E-state index in [4.69, 9.17) is 0 Å². The van der Waals surface area contributed by atoms with Crippen LogP contribution in [0.15, 0.2) is 24.3 Å². The highest BCUT2D eigenvalue weighted by molar-refractivity contribution is 5.96. The molecule has 6 nitrogen and oxygen atoms in total. The summed E-state index contributed by atoms with van der Waals surface area (Å²) in [6.07, 6.45) is 2.44. The second kappa shape index (κ2) is 8.91. The van der Waals surface area contributed by atoms with Crippen molar-refractivity contribution in [1.82, 2.24) is 19.6 Å². The van der Waals surface area contributed by atoms with Crippen molar-refractivity contribution in [2.24, 2.45) is 0 Å². The summed E-state index contributed by atoms with van der Waals surface area (Å²) >= 11 is 0. The monoisotopic (exact) mass is 396 g/mol. The van der Waals surface area contributed by atoms with Gasteiger partial charge in [-0.2, -0.15) is 5.10 Å². The molecule has 1 fully saturated rings. The lowest BCUT2D eigenvalue weighted by Gasteiger charge is -2.25. The van der Waals surface area contributed by atoms with Crippen LogP contribution in [0.2, 0.25) is 0 Å². The first-order valence-corrected chi connectivity index (χ1v) is 10.4. The zero-order chi connectivity index (χ0) is 21.1. The van der Waals surface area contributed by atoms with E-state index in [9.17, 15) is 9.59 Å². The molecular formula is C23H32N4O2. The van der Waals surface area contributed by atoms with Crippen LogP contribution in [0.25, 0.3) is 0 Å². The molecule has 2 heterocycles. The molecule has 1 amide bonds. The zero-order valence-electron chi connectivity index (χ0n) is 18.2. The summed E-state index contributed by atoms with van der Waals surface area (Å²) in [5, 5.41) is 4.46. The molecule has 156 valence electrons. The van der Waals surface area contributed by atoms with Gasteiger partial charge in [-0.1, -0.05) is 24.3 Å². The fraction of sp³-hybridized carbons (Fsp3) is 0.522. The van der Waals surface area contributed by atoms with E-state index in [2.05, 4.69) is 48.4 Å². The number of likely N-dealkylation sites (tertiary alicyclic amines) is 1. The van der Waals surface area contributed by atoms with Crippen molar-refractivity contribution in [3.63, 3.8) is 0 Å². The van der Waals surface area contributed by atoms with Gasteiger partial charge in [-0.25, -0.2) is 0 Å². The number of hydrogen-bond acceptors (Lipinski definition) is 4. The number of carbonyl (C=O) groups is 2. The first kappa shape index (κ1) is 21.2. The third kappa shape index (κ3) is 4.75. The minimum Gasteiger partial charge on any atom is -0.336 e. The number of rotatable bonds is 7. The lowest BCUT2D eigenvalue weighted by molar-refractivity contribution is -0.132. The molecule has 1 saturated heterocycles. The number of carbonyl (C=O) groups excluding carboxylic acids is 2. The smallest absolute Gasteiger partial charge is 0.224 e. The van der Waals surface area contributed by atoms with Crippen molar-refractivity contribution in [3.8, 4) is 0 Å². The van der Waals surface area contributed by atoms with Crippen LogP contribution in [0.3, 0.4) is 0 Å². The van der Waals surface area contributed by atoms with Crippen LogP contribution in [0, 0.1) is 13.8 Å². The summed E-state index contributed by atoms with van der Waals surface area (Å²) in [5.41, 5.74) is 4.75. The van der Waals surface area contributed by atoms with Crippen LogP contribution < -0.4 is 0 Å². The van der Waals surface area contributed by atoms with Crippen LogP contribution in [0.4, 0.5) is 0 Å². The number of benzene rings is 1. The molecule has 1 aromatic carbocycles. The van der Waals surface area contributed by atoms with Crippen LogP contribution in [-0.2, 0) is 17.9 Å². The van der Waals surface area contributed by atoms with E-state index in [1.165, 1.54) is 11.1 Å². The minimum absolute atomic E-state index is 0.0231. The highest BCUT2D eigenvalue weighted by Crippen LogP contribution is 2.32. The molecule has 0 spiro atoms. The van der Waals surface area contributed by atoms with E-state index in [0.29, 0.717) is 18.5 Å². The Morgan fingerprint density at radius 2 is 1.86 bits per heavy atom. The quantitative estimate of drug-likeness (QED) is 0.672. The van der Waals surface area contributed by atoms with Crippen molar-refractivity contribution in [2.45, 2.75) is 59.2 Å². The molecule has 1 aliphatic rings. The fourth-order valence-electron chi connectivity index (χ4n) is 4.39. The van der Waals surface area contributed by atoms with Crippen molar-refractivity contribution < 1.29 is 9.59 Å². The van der Waals surface area contributed by atoms with Gasteiger partial charge in [0.1, 0.15) is 0 Å². The number of aryl methyl sites for hydroxylation is 2. The summed E-state index contributed by atoms with van der Waals surface area (Å²) in [5.74, 6) is 0.177. The van der Waals surface area contributed by atoms with Crippen molar-refractivity contribution in [2.75, 3.05) is 20.6 Å². The number of amides is 1. The molecule has 1 aromatic heterocycles. The summed E-state index contributed by atoms with van der Waals surface area (Å²) < 4.78 is 1.80. The maximum absolute atomic E-state index is 13.0. The Kier molecular flexibility index (Phi) is 6.52. The van der Waals surface area contributed by atoms with Crippen LogP contribution >= 0.6 is 0 Å². The highest BCUT2D eigenvalue weighted by Gasteiger charge is 2.29. The standard InChI is InChI=1S/C23H32N4O2/c1-16-23(18(3)28)17(2)27(24-16)14-12-22(29)26-13-6-7-21(26)20-10-8-19(9-11-20)15-25(4)5/h8-11,21H,6-7,12-15H2,1-5H3. The second-order valence-corrected chi connectivity index (χ2v) is 8.30. The first-order chi connectivity index (χ1) is 13.8. The SMILES string of the molecule is CC(=O)c1c(C)nn(CCC(=O)N2CCCC2c2ccc(CN(C)C)cc2)c1C. The highest BCUT2D eigenvalue weighted by atomic mass is 16.2. The van der Waals surface area contributed by atoms with Gasteiger partial charge in [-0.3, -0.25) is 14.3 Å². The lowest BCUT2D eigenvalue weighted by atomic mass is 10.0. The molecule has 0 aliphatic carbocycles. The van der Waals surface area contributed by atoms with E-state index in [1.807, 2.05) is 18.7 Å². The summed E-state index contributed by atoms with van der Waals surface area (Å²) in [7, 11) is 4.13. The third-order valence-electron chi connectivity index (χ3n) is 5.71. The Labute approximate surface area is 173 Å². The summed E-state index contributed by atoms with van der Waals surface area (Å²) in [6.45, 7) is 7.53. The van der Waals surface area contributed by atoms with Gasteiger partial charge in [-0.15, -0.1) is 0 Å². The van der Waals surface area contributed by atoms with Gasteiger partial charge in [0.15, 0.2) is 5.78 Å². The normalized spacial score (nSPS) is 16.6. The average Bonchev–Trinajstić information content (AvgIpc) is 3.24. The summed E-state index contributed by atoms with van der Waals surface area (Å²) in [6, 6.07) is 8.80. The Hall–Kier alpha value is -2.47. The molecule has 0 N–H and O–H groups in total. The van der Waals surface area contributed by atoms with E-state index in [1.54, 1.807) is 11.6 Å². The van der Waals surface area contributed by atoms with Gasteiger partial charge in [0.05, 0.1) is 17.3 Å². The van der Waals surface area contributed by atoms with Gasteiger partial charge in [0.25, 0.3) is 0 Å². The average molecular weight is 397 g/mol. The Morgan fingerprint density at radius 3 is 2.45 bits per heavy atom.